The number of unbranched alkanes of at least 4 members (excludes halogenated alkanes) is 6. The third kappa shape index (κ3) is 9.20. The zero-order valence-electron chi connectivity index (χ0n) is 11.6. The van der Waals surface area contributed by atoms with Gasteiger partial charge >= 0.3 is 8.69 Å². The maximum atomic E-state index is 10.3. The first kappa shape index (κ1) is 18.6. The first-order valence-corrected chi connectivity index (χ1v) is 7.68. The number of rotatable bonds is 10. The van der Waals surface area contributed by atoms with Crippen LogP contribution in [-0.2, 0) is 27.8 Å². The number of hydrogen-bond acceptors (Lipinski definition) is 2. The first-order valence-electron chi connectivity index (χ1n) is 6.95. The van der Waals surface area contributed by atoms with Crippen molar-refractivity contribution in [2.45, 2.75) is 58.3 Å². The molecule has 0 heterocycles. The Morgan fingerprint density at radius 3 is 2.11 bits per heavy atom. The molecule has 0 unspecified atom stereocenters. The van der Waals surface area contributed by atoms with Crippen molar-refractivity contribution in [2.24, 2.45) is 0 Å². The first-order chi connectivity index (χ1) is 8.86. The van der Waals surface area contributed by atoms with Crippen molar-refractivity contribution >= 4 is 8.69 Å². The van der Waals surface area contributed by atoms with Crippen molar-refractivity contribution in [3.8, 4) is 5.75 Å². The second-order valence-electron chi connectivity index (χ2n) is 4.68. The Hall–Kier alpha value is -0.374. The molecule has 0 atom stereocenters. The SMILES string of the molecule is CCCCCCCCCc1ccc(OP=O)cc1.[Co]. The van der Waals surface area contributed by atoms with Crippen LogP contribution in [0.5, 0.6) is 5.75 Å². The van der Waals surface area contributed by atoms with Gasteiger partial charge in [-0.3, -0.25) is 0 Å². The average Bonchev–Trinajstić information content (AvgIpc) is 2.40. The summed E-state index contributed by atoms with van der Waals surface area (Å²) in [5.41, 5.74) is 1.33. The van der Waals surface area contributed by atoms with Gasteiger partial charge in [0.25, 0.3) is 0 Å². The van der Waals surface area contributed by atoms with Crippen LogP contribution in [0, 0.1) is 0 Å². The van der Waals surface area contributed by atoms with E-state index in [-0.39, 0.29) is 25.5 Å². The van der Waals surface area contributed by atoms with E-state index in [1.54, 1.807) is 0 Å². The van der Waals surface area contributed by atoms with Gasteiger partial charge in [0.1, 0.15) is 5.75 Å². The van der Waals surface area contributed by atoms with E-state index < -0.39 is 0 Å². The van der Waals surface area contributed by atoms with Crippen LogP contribution in [0.4, 0.5) is 0 Å². The minimum Gasteiger partial charge on any atom is -0.408 e. The topological polar surface area (TPSA) is 26.3 Å². The Kier molecular flexibility index (Phi) is 12.4. The second kappa shape index (κ2) is 12.6. The fourth-order valence-corrected chi connectivity index (χ4v) is 2.25. The molecular weight excluding hydrogens is 302 g/mol. The van der Waals surface area contributed by atoms with Gasteiger partial charge in [-0.1, -0.05) is 57.6 Å². The molecule has 0 aromatic heterocycles. The molecule has 0 fully saturated rings. The third-order valence-electron chi connectivity index (χ3n) is 3.14. The minimum absolute atomic E-state index is 0. The maximum Gasteiger partial charge on any atom is 0.395 e. The molecule has 0 N–H and O–H groups in total. The Morgan fingerprint density at radius 1 is 0.947 bits per heavy atom. The van der Waals surface area contributed by atoms with E-state index >= 15 is 0 Å². The van der Waals surface area contributed by atoms with Crippen molar-refractivity contribution in [3.05, 3.63) is 29.8 Å². The predicted octanol–water partition coefficient (Wildman–Crippen LogP) is 5.56. The third-order valence-corrected chi connectivity index (χ3v) is 3.42. The van der Waals surface area contributed by atoms with Gasteiger partial charge in [0, 0.05) is 16.8 Å². The fraction of sp³-hybridized carbons (Fsp3) is 0.600. The Bertz CT molecular complexity index is 327. The molecule has 109 valence electrons. The van der Waals surface area contributed by atoms with Crippen molar-refractivity contribution in [3.63, 3.8) is 0 Å². The number of hydrogen-bond donors (Lipinski definition) is 0. The van der Waals surface area contributed by atoms with Crippen molar-refractivity contribution in [1.29, 1.82) is 0 Å². The summed E-state index contributed by atoms with van der Waals surface area (Å²) in [6, 6.07) is 7.86. The van der Waals surface area contributed by atoms with E-state index in [4.69, 9.17) is 4.52 Å². The van der Waals surface area contributed by atoms with Crippen molar-refractivity contribution in [2.75, 3.05) is 0 Å². The molecular formula is C15H23CoO2P. The largest absolute Gasteiger partial charge is 0.408 e. The van der Waals surface area contributed by atoms with Crippen LogP contribution in [0.2, 0.25) is 0 Å². The molecule has 0 saturated carbocycles. The monoisotopic (exact) mass is 325 g/mol. The molecule has 0 spiro atoms. The van der Waals surface area contributed by atoms with Crippen molar-refractivity contribution < 1.29 is 25.9 Å². The van der Waals surface area contributed by atoms with Gasteiger partial charge < -0.3 is 4.52 Å². The summed E-state index contributed by atoms with van der Waals surface area (Å²) in [5.74, 6) is 0.662. The molecule has 0 amide bonds. The summed E-state index contributed by atoms with van der Waals surface area (Å²) >= 11 is 0. The van der Waals surface area contributed by atoms with Crippen LogP contribution in [0.3, 0.4) is 0 Å². The zero-order valence-corrected chi connectivity index (χ0v) is 13.5. The van der Waals surface area contributed by atoms with Gasteiger partial charge in [-0.25, -0.2) is 4.57 Å². The summed E-state index contributed by atoms with van der Waals surface area (Å²) < 4.78 is 15.1. The van der Waals surface area contributed by atoms with Gasteiger partial charge in [0.15, 0.2) is 0 Å². The Balaban J connectivity index is 0.00000324. The van der Waals surface area contributed by atoms with Gasteiger partial charge in [-0.2, -0.15) is 0 Å². The smallest absolute Gasteiger partial charge is 0.395 e. The molecule has 1 rings (SSSR count). The number of aryl methyl sites for hydroxylation is 1. The van der Waals surface area contributed by atoms with Gasteiger partial charge in [-0.05, 0) is 30.5 Å². The molecule has 0 bridgehead atoms. The van der Waals surface area contributed by atoms with Crippen LogP contribution in [0.25, 0.3) is 0 Å². The summed E-state index contributed by atoms with van der Waals surface area (Å²) in [5, 5.41) is 0. The van der Waals surface area contributed by atoms with Crippen LogP contribution in [0.1, 0.15) is 57.4 Å². The second-order valence-corrected chi connectivity index (χ2v) is 5.01. The molecule has 0 aliphatic heterocycles. The predicted molar refractivity (Wildman–Crippen MR) is 76.4 cm³/mol. The van der Waals surface area contributed by atoms with Crippen LogP contribution < -0.4 is 4.52 Å². The van der Waals surface area contributed by atoms with Crippen LogP contribution in [0.15, 0.2) is 24.3 Å². The Labute approximate surface area is 128 Å². The summed E-state index contributed by atoms with van der Waals surface area (Å²) in [4.78, 5) is 0. The molecule has 4 heteroatoms. The van der Waals surface area contributed by atoms with E-state index in [9.17, 15) is 4.57 Å². The number of benzene rings is 1. The summed E-state index contributed by atoms with van der Waals surface area (Å²) in [7, 11) is -0.288. The van der Waals surface area contributed by atoms with E-state index in [0.717, 1.165) is 6.42 Å². The molecule has 1 radical (unpaired) electrons. The molecule has 2 nitrogen and oxygen atoms in total. The van der Waals surface area contributed by atoms with E-state index in [1.165, 1.54) is 50.5 Å². The minimum atomic E-state index is -0.288. The standard InChI is InChI=1S/C15H23O2P.Co/c1-2-3-4-5-6-7-8-9-14-10-12-15(13-11-14)17-18-16;/h10-13H,2-9H2,1H3;. The van der Waals surface area contributed by atoms with E-state index in [2.05, 4.69) is 19.1 Å². The normalized spacial score (nSPS) is 10.2. The molecule has 0 aliphatic carbocycles. The zero-order chi connectivity index (χ0) is 13.1. The fourth-order valence-electron chi connectivity index (χ4n) is 2.05. The molecule has 0 saturated heterocycles. The van der Waals surface area contributed by atoms with E-state index in [1.807, 2.05) is 12.1 Å². The molecule has 0 aliphatic rings. The van der Waals surface area contributed by atoms with Crippen LogP contribution in [-0.4, -0.2) is 0 Å². The summed E-state index contributed by atoms with van der Waals surface area (Å²) in [6.45, 7) is 2.25. The quantitative estimate of drug-likeness (QED) is 0.416. The maximum absolute atomic E-state index is 10.3. The Morgan fingerprint density at radius 2 is 1.53 bits per heavy atom. The van der Waals surface area contributed by atoms with Crippen LogP contribution >= 0.6 is 8.69 Å². The van der Waals surface area contributed by atoms with Crippen molar-refractivity contribution in [1.82, 2.24) is 0 Å². The van der Waals surface area contributed by atoms with Gasteiger partial charge in [0.05, 0.1) is 0 Å². The van der Waals surface area contributed by atoms with Gasteiger partial charge in [0.2, 0.25) is 0 Å². The molecule has 1 aromatic rings. The molecule has 1 aromatic carbocycles. The average molecular weight is 325 g/mol. The molecule has 19 heavy (non-hydrogen) atoms. The van der Waals surface area contributed by atoms with Gasteiger partial charge in [-0.15, -0.1) is 0 Å². The summed E-state index contributed by atoms with van der Waals surface area (Å²) in [6.07, 6.45) is 10.5. The van der Waals surface area contributed by atoms with E-state index in [0.29, 0.717) is 5.75 Å².